The number of carbonyl (C=O) groups is 1. The second-order valence-corrected chi connectivity index (χ2v) is 6.31. The third kappa shape index (κ3) is 7.82. The third-order valence-corrected chi connectivity index (χ3v) is 2.76. The molecule has 0 aliphatic rings. The van der Waals surface area contributed by atoms with Gasteiger partial charge < -0.3 is 10.1 Å². The average molecular weight is 329 g/mol. The average Bonchev–Trinajstić information content (AvgIpc) is 2.26. The van der Waals surface area contributed by atoms with Gasteiger partial charge in [0.2, 0.25) is 0 Å². The lowest BCUT2D eigenvalue weighted by molar-refractivity contribution is 0.0527. The van der Waals surface area contributed by atoms with Crippen molar-refractivity contribution in [1.29, 1.82) is 0 Å². The van der Waals surface area contributed by atoms with E-state index in [1.807, 2.05) is 27.0 Å². The fourth-order valence-corrected chi connectivity index (χ4v) is 1.96. The Morgan fingerprint density at radius 3 is 2.74 bits per heavy atom. The number of alkyl carbamates (subject to hydrolysis) is 1. The summed E-state index contributed by atoms with van der Waals surface area (Å²) in [5.74, 6) is 0. The molecule has 1 N–H and O–H groups in total. The smallest absolute Gasteiger partial charge is 0.407 e. The van der Waals surface area contributed by atoms with Crippen LogP contribution in [0.25, 0.3) is 0 Å². The molecule has 1 rings (SSSR count). The van der Waals surface area contributed by atoms with Gasteiger partial charge in [0.25, 0.3) is 0 Å². The number of carbonyl (C=O) groups excluding carboxylic acids is 1. The fourth-order valence-electron chi connectivity index (χ4n) is 1.55. The Morgan fingerprint density at radius 1 is 1.37 bits per heavy atom. The first-order chi connectivity index (χ1) is 8.87. The van der Waals surface area contributed by atoms with Crippen LogP contribution in [0.3, 0.4) is 0 Å². The largest absolute Gasteiger partial charge is 0.444 e. The summed E-state index contributed by atoms with van der Waals surface area (Å²) in [5, 5.41) is 2.75. The number of amides is 1. The molecule has 1 aromatic rings. The highest BCUT2D eigenvalue weighted by atomic mass is 79.9. The molecule has 1 heterocycles. The van der Waals surface area contributed by atoms with Crippen LogP contribution in [0.4, 0.5) is 4.79 Å². The Balaban J connectivity index is 2.13. The summed E-state index contributed by atoms with van der Waals surface area (Å²) < 4.78 is 6.15. The molecule has 0 bridgehead atoms. The summed E-state index contributed by atoms with van der Waals surface area (Å²) in [6, 6.07) is 2.06. The number of nitrogens with one attached hydrogen (secondary N) is 1. The van der Waals surface area contributed by atoms with Crippen LogP contribution < -0.4 is 5.32 Å². The standard InChI is InChI=1S/C14H21BrN2O2/c1-14(2,3)19-13(18)17-7-5-4-6-11-8-12(15)10-16-9-11/h8-10H,4-7H2,1-3H3,(H,17,18). The van der Waals surface area contributed by atoms with E-state index in [9.17, 15) is 4.79 Å². The molecule has 1 amide bonds. The van der Waals surface area contributed by atoms with Crippen molar-refractivity contribution in [1.82, 2.24) is 10.3 Å². The Labute approximate surface area is 123 Å². The van der Waals surface area contributed by atoms with E-state index in [1.54, 1.807) is 6.20 Å². The molecule has 1 aromatic heterocycles. The zero-order chi connectivity index (χ0) is 14.3. The number of ether oxygens (including phenoxy) is 1. The Kier molecular flexibility index (Phi) is 6.28. The van der Waals surface area contributed by atoms with Crippen LogP contribution in [-0.4, -0.2) is 23.2 Å². The van der Waals surface area contributed by atoms with E-state index < -0.39 is 5.60 Å². The maximum absolute atomic E-state index is 11.4. The number of nitrogens with zero attached hydrogens (tertiary/aromatic N) is 1. The topological polar surface area (TPSA) is 51.2 Å². The molecule has 0 aromatic carbocycles. The van der Waals surface area contributed by atoms with E-state index in [-0.39, 0.29) is 6.09 Å². The number of rotatable bonds is 5. The second-order valence-electron chi connectivity index (χ2n) is 5.40. The minimum atomic E-state index is -0.438. The maximum Gasteiger partial charge on any atom is 0.407 e. The van der Waals surface area contributed by atoms with Crippen molar-refractivity contribution >= 4 is 22.0 Å². The molecule has 0 radical (unpaired) electrons. The number of aromatic nitrogens is 1. The fraction of sp³-hybridized carbons (Fsp3) is 0.571. The van der Waals surface area contributed by atoms with E-state index in [0.717, 1.165) is 23.7 Å². The summed E-state index contributed by atoms with van der Waals surface area (Å²) in [7, 11) is 0. The Morgan fingerprint density at radius 2 is 2.11 bits per heavy atom. The number of unbranched alkanes of at least 4 members (excludes halogenated alkanes) is 1. The van der Waals surface area contributed by atoms with Gasteiger partial charge in [-0.1, -0.05) is 0 Å². The van der Waals surface area contributed by atoms with Crippen molar-refractivity contribution in [3.63, 3.8) is 0 Å². The lowest BCUT2D eigenvalue weighted by Gasteiger charge is -2.19. The molecule has 0 saturated heterocycles. The molecule has 0 aliphatic carbocycles. The van der Waals surface area contributed by atoms with Crippen molar-refractivity contribution in [3.8, 4) is 0 Å². The molecule has 0 fully saturated rings. The van der Waals surface area contributed by atoms with Gasteiger partial charge in [-0.25, -0.2) is 4.79 Å². The van der Waals surface area contributed by atoms with Gasteiger partial charge in [-0.05, 0) is 67.6 Å². The summed E-state index contributed by atoms with van der Waals surface area (Å²) in [6.45, 7) is 6.20. The van der Waals surface area contributed by atoms with Gasteiger partial charge >= 0.3 is 6.09 Å². The molecular formula is C14H21BrN2O2. The second kappa shape index (κ2) is 7.48. The van der Waals surface area contributed by atoms with Gasteiger partial charge in [0.1, 0.15) is 5.60 Å². The van der Waals surface area contributed by atoms with Gasteiger partial charge in [0, 0.05) is 23.4 Å². The lowest BCUT2D eigenvalue weighted by Crippen LogP contribution is -2.33. The first kappa shape index (κ1) is 16.0. The number of halogens is 1. The SMILES string of the molecule is CC(C)(C)OC(=O)NCCCCc1cncc(Br)c1. The number of hydrogen-bond acceptors (Lipinski definition) is 3. The van der Waals surface area contributed by atoms with Crippen molar-refractivity contribution < 1.29 is 9.53 Å². The molecule has 0 aliphatic heterocycles. The Bertz CT molecular complexity index is 416. The molecule has 0 spiro atoms. The van der Waals surface area contributed by atoms with E-state index in [1.165, 1.54) is 5.56 Å². The number of hydrogen-bond donors (Lipinski definition) is 1. The van der Waals surface area contributed by atoms with Gasteiger partial charge in [0.15, 0.2) is 0 Å². The molecule has 0 saturated carbocycles. The van der Waals surface area contributed by atoms with Crippen LogP contribution in [0.1, 0.15) is 39.2 Å². The first-order valence-corrected chi connectivity index (χ1v) is 7.22. The highest BCUT2D eigenvalue weighted by Gasteiger charge is 2.15. The normalized spacial score (nSPS) is 11.2. The van der Waals surface area contributed by atoms with Gasteiger partial charge in [-0.15, -0.1) is 0 Å². The van der Waals surface area contributed by atoms with Gasteiger partial charge in [-0.3, -0.25) is 4.98 Å². The summed E-state index contributed by atoms with van der Waals surface area (Å²) in [6.07, 6.45) is 6.18. The summed E-state index contributed by atoms with van der Waals surface area (Å²) in [5.41, 5.74) is 0.762. The molecule has 0 unspecified atom stereocenters. The van der Waals surface area contributed by atoms with Crippen LogP contribution in [0.5, 0.6) is 0 Å². The summed E-state index contributed by atoms with van der Waals surface area (Å²) in [4.78, 5) is 15.5. The van der Waals surface area contributed by atoms with Crippen LogP contribution in [0.2, 0.25) is 0 Å². The molecule has 106 valence electrons. The van der Waals surface area contributed by atoms with E-state index in [2.05, 4.69) is 32.3 Å². The van der Waals surface area contributed by atoms with Gasteiger partial charge in [-0.2, -0.15) is 0 Å². The lowest BCUT2D eigenvalue weighted by atomic mass is 10.1. The Hall–Kier alpha value is -1.10. The third-order valence-electron chi connectivity index (χ3n) is 2.32. The highest BCUT2D eigenvalue weighted by Crippen LogP contribution is 2.11. The minimum Gasteiger partial charge on any atom is -0.444 e. The molecule has 5 heteroatoms. The van der Waals surface area contributed by atoms with Crippen LogP contribution in [0.15, 0.2) is 22.9 Å². The molecule has 4 nitrogen and oxygen atoms in total. The summed E-state index contributed by atoms with van der Waals surface area (Å²) >= 11 is 3.40. The predicted molar refractivity (Wildman–Crippen MR) is 79.1 cm³/mol. The van der Waals surface area contributed by atoms with E-state index >= 15 is 0 Å². The molecule has 0 atom stereocenters. The quantitative estimate of drug-likeness (QED) is 0.838. The van der Waals surface area contributed by atoms with Crippen LogP contribution in [0, 0.1) is 0 Å². The van der Waals surface area contributed by atoms with Gasteiger partial charge in [0.05, 0.1) is 0 Å². The number of aryl methyl sites for hydroxylation is 1. The predicted octanol–water partition coefficient (Wildman–Crippen LogP) is 3.69. The maximum atomic E-state index is 11.4. The van der Waals surface area contributed by atoms with Crippen molar-refractivity contribution in [2.75, 3.05) is 6.54 Å². The van der Waals surface area contributed by atoms with Crippen LogP contribution >= 0.6 is 15.9 Å². The van der Waals surface area contributed by atoms with E-state index in [4.69, 9.17) is 4.74 Å². The minimum absolute atomic E-state index is 0.350. The van der Waals surface area contributed by atoms with E-state index in [0.29, 0.717) is 6.54 Å². The van der Waals surface area contributed by atoms with Crippen LogP contribution in [-0.2, 0) is 11.2 Å². The van der Waals surface area contributed by atoms with Crippen molar-refractivity contribution in [2.45, 2.75) is 45.6 Å². The van der Waals surface area contributed by atoms with Crippen molar-refractivity contribution in [3.05, 3.63) is 28.5 Å². The monoisotopic (exact) mass is 328 g/mol. The molecule has 19 heavy (non-hydrogen) atoms. The zero-order valence-electron chi connectivity index (χ0n) is 11.7. The zero-order valence-corrected chi connectivity index (χ0v) is 13.3. The first-order valence-electron chi connectivity index (χ1n) is 6.43. The van der Waals surface area contributed by atoms with Crippen molar-refractivity contribution in [2.24, 2.45) is 0 Å². The molecular weight excluding hydrogens is 308 g/mol. The number of pyridine rings is 1. The highest BCUT2D eigenvalue weighted by molar-refractivity contribution is 9.10.